The Bertz CT molecular complexity index is 1640. The Morgan fingerprint density at radius 2 is 1.53 bits per heavy atom. The number of benzene rings is 3. The number of aliphatic hydroxyl groups excluding tert-OH is 1. The molecule has 1 saturated carbocycles. The first-order valence-electron chi connectivity index (χ1n) is 14.9. The van der Waals surface area contributed by atoms with Gasteiger partial charge < -0.3 is 24.6 Å². The van der Waals surface area contributed by atoms with Crippen LogP contribution in [-0.4, -0.2) is 65.0 Å². The van der Waals surface area contributed by atoms with Crippen molar-refractivity contribution in [2.75, 3.05) is 33.4 Å². The summed E-state index contributed by atoms with van der Waals surface area (Å²) in [6.07, 6.45) is 2.37. The minimum Gasteiger partial charge on any atom is -0.504 e. The maximum Gasteiger partial charge on any atom is 0.166 e. The Labute approximate surface area is 261 Å². The normalized spacial score (nSPS) is 13.2. The van der Waals surface area contributed by atoms with Crippen LogP contribution in [0.25, 0.3) is 10.9 Å². The highest BCUT2D eigenvalue weighted by molar-refractivity contribution is 6.11. The fourth-order valence-corrected chi connectivity index (χ4v) is 5.08. The number of halogens is 2. The van der Waals surface area contributed by atoms with E-state index in [1.807, 2.05) is 0 Å². The first-order chi connectivity index (χ1) is 21.6. The van der Waals surface area contributed by atoms with Crippen molar-refractivity contribution in [2.45, 2.75) is 39.5 Å². The summed E-state index contributed by atoms with van der Waals surface area (Å²) in [6.45, 7) is 7.36. The number of hydrogen-bond acceptors (Lipinski definition) is 8. The van der Waals surface area contributed by atoms with Gasteiger partial charge in [0.1, 0.15) is 11.6 Å². The molecule has 0 atom stereocenters. The molecule has 8 nitrogen and oxygen atoms in total. The second kappa shape index (κ2) is 15.0. The highest BCUT2D eigenvalue weighted by Crippen LogP contribution is 2.49. The highest BCUT2D eigenvalue weighted by atomic mass is 19.1. The summed E-state index contributed by atoms with van der Waals surface area (Å²) >= 11 is 0. The van der Waals surface area contributed by atoms with Crippen LogP contribution >= 0.6 is 0 Å². The molecular weight excluding hydrogens is 582 g/mol. The topological polar surface area (TPSA) is 109 Å². The standard InChI is InChI=1S/C29H23F2NO5.C6H15NO/c1-36-26-15-20-22(16-23(26)33)32-11-8-24(20)37-25-7-4-18(12-21(25)31)14-28(35)29(9-10-29)27(34)13-17-2-5-19(30)6-3-17;1-3-7(4-2)5-6-8/h2-8,11-12,15-16,33H,9-10,13-14H2,1H3;8H,3-6H2,1-2H3. The lowest BCUT2D eigenvalue weighted by molar-refractivity contribution is -0.133. The zero-order chi connectivity index (χ0) is 32.6. The van der Waals surface area contributed by atoms with Crippen LogP contribution in [0.3, 0.4) is 0 Å². The minimum atomic E-state index is -1.05. The lowest BCUT2D eigenvalue weighted by Gasteiger charge is -2.15. The van der Waals surface area contributed by atoms with E-state index in [1.54, 1.807) is 18.2 Å². The van der Waals surface area contributed by atoms with Crippen molar-refractivity contribution in [2.24, 2.45) is 5.41 Å². The molecule has 2 N–H and O–H groups in total. The Hall–Kier alpha value is -4.41. The Morgan fingerprint density at radius 3 is 2.09 bits per heavy atom. The van der Waals surface area contributed by atoms with E-state index >= 15 is 0 Å². The van der Waals surface area contributed by atoms with Crippen molar-refractivity contribution in [1.29, 1.82) is 0 Å². The number of aliphatic hydroxyl groups is 1. The van der Waals surface area contributed by atoms with Gasteiger partial charge in [0, 0.05) is 37.0 Å². The van der Waals surface area contributed by atoms with E-state index in [0.717, 1.165) is 19.6 Å². The molecular formula is C35H38F2N2O6. The number of carbonyl (C=O) groups excluding carboxylic acids is 2. The van der Waals surface area contributed by atoms with Crippen molar-refractivity contribution in [1.82, 2.24) is 9.88 Å². The number of methoxy groups -OCH3 is 1. The number of likely N-dealkylation sites (N-methyl/N-ethyl adjacent to an activating group) is 1. The molecule has 5 rings (SSSR count). The summed E-state index contributed by atoms with van der Waals surface area (Å²) in [6, 6.07) is 14.4. The largest absolute Gasteiger partial charge is 0.504 e. The first-order valence-corrected chi connectivity index (χ1v) is 14.9. The lowest BCUT2D eigenvalue weighted by Crippen LogP contribution is -2.28. The van der Waals surface area contributed by atoms with Crippen LogP contribution in [0.1, 0.15) is 37.8 Å². The molecule has 0 radical (unpaired) electrons. The van der Waals surface area contributed by atoms with Gasteiger partial charge >= 0.3 is 0 Å². The summed E-state index contributed by atoms with van der Waals surface area (Å²) in [5.41, 5.74) is 0.468. The number of ketones is 2. The average molecular weight is 621 g/mol. The summed E-state index contributed by atoms with van der Waals surface area (Å²) in [5, 5.41) is 19.0. The highest BCUT2D eigenvalue weighted by Gasteiger charge is 2.54. The van der Waals surface area contributed by atoms with Gasteiger partial charge in [-0.1, -0.05) is 32.0 Å². The van der Waals surface area contributed by atoms with E-state index in [4.69, 9.17) is 14.6 Å². The molecule has 238 valence electrons. The molecule has 4 aromatic rings. The number of aromatic hydroxyl groups is 1. The SMILES string of the molecule is CCN(CC)CCO.COc1cc2c(Oc3ccc(CC(=O)C4(C(=O)Cc5ccc(F)cc5)CC4)cc3F)ccnc2cc1O. The third-order valence-electron chi connectivity index (χ3n) is 7.99. The van der Waals surface area contributed by atoms with Gasteiger partial charge in [0.25, 0.3) is 0 Å². The zero-order valence-electron chi connectivity index (χ0n) is 25.7. The van der Waals surface area contributed by atoms with E-state index in [-0.39, 0.29) is 54.1 Å². The summed E-state index contributed by atoms with van der Waals surface area (Å²) in [4.78, 5) is 32.3. The third-order valence-corrected chi connectivity index (χ3v) is 7.99. The van der Waals surface area contributed by atoms with E-state index in [9.17, 15) is 23.5 Å². The van der Waals surface area contributed by atoms with Gasteiger partial charge in [-0.05, 0) is 73.5 Å². The molecule has 3 aromatic carbocycles. The smallest absolute Gasteiger partial charge is 0.166 e. The van der Waals surface area contributed by atoms with Crippen molar-refractivity contribution < 1.29 is 38.1 Å². The number of ether oxygens (including phenoxy) is 2. The number of Topliss-reactive ketones (excluding diaryl/α,β-unsaturated/α-hetero) is 2. The molecule has 0 bridgehead atoms. The molecule has 1 aliphatic rings. The first kappa shape index (κ1) is 33.5. The summed E-state index contributed by atoms with van der Waals surface area (Å²) in [5.74, 6) is -1.09. The zero-order valence-corrected chi connectivity index (χ0v) is 25.7. The Balaban J connectivity index is 0.000000510. The predicted molar refractivity (Wildman–Crippen MR) is 167 cm³/mol. The number of carbonyl (C=O) groups is 2. The fraction of sp³-hybridized carbons (Fsp3) is 0.343. The molecule has 1 aliphatic carbocycles. The maximum absolute atomic E-state index is 15.0. The minimum absolute atomic E-state index is 0.0512. The number of rotatable bonds is 13. The van der Waals surface area contributed by atoms with Gasteiger partial charge in [-0.3, -0.25) is 14.6 Å². The van der Waals surface area contributed by atoms with E-state index in [0.29, 0.717) is 40.6 Å². The van der Waals surface area contributed by atoms with Crippen LogP contribution in [0.2, 0.25) is 0 Å². The van der Waals surface area contributed by atoms with Crippen LogP contribution < -0.4 is 9.47 Å². The fourth-order valence-electron chi connectivity index (χ4n) is 5.08. The van der Waals surface area contributed by atoms with Gasteiger partial charge in [-0.15, -0.1) is 0 Å². The van der Waals surface area contributed by atoms with E-state index < -0.39 is 11.2 Å². The molecule has 45 heavy (non-hydrogen) atoms. The monoisotopic (exact) mass is 620 g/mol. The molecule has 0 spiro atoms. The van der Waals surface area contributed by atoms with Crippen LogP contribution in [0.4, 0.5) is 8.78 Å². The number of phenolic OH excluding ortho intramolecular Hbond substituents is 1. The van der Waals surface area contributed by atoms with E-state index in [1.165, 1.54) is 55.8 Å². The van der Waals surface area contributed by atoms with Gasteiger partial charge in [0.15, 0.2) is 34.6 Å². The molecule has 0 amide bonds. The van der Waals surface area contributed by atoms with Gasteiger partial charge in [-0.25, -0.2) is 8.78 Å². The quantitative estimate of drug-likeness (QED) is 0.174. The van der Waals surface area contributed by atoms with Crippen LogP contribution in [0, 0.1) is 17.0 Å². The average Bonchev–Trinajstić information content (AvgIpc) is 3.85. The van der Waals surface area contributed by atoms with Crippen molar-refractivity contribution in [3.05, 3.63) is 89.6 Å². The number of pyridine rings is 1. The van der Waals surface area contributed by atoms with Gasteiger partial charge in [0.2, 0.25) is 0 Å². The van der Waals surface area contributed by atoms with E-state index in [2.05, 4.69) is 23.7 Å². The van der Waals surface area contributed by atoms with Crippen molar-refractivity contribution in [3.63, 3.8) is 0 Å². The maximum atomic E-state index is 15.0. The van der Waals surface area contributed by atoms with Crippen LogP contribution in [0.15, 0.2) is 66.9 Å². The van der Waals surface area contributed by atoms with Crippen molar-refractivity contribution >= 4 is 22.5 Å². The van der Waals surface area contributed by atoms with Gasteiger partial charge in [-0.2, -0.15) is 0 Å². The van der Waals surface area contributed by atoms with Gasteiger partial charge in [0.05, 0.1) is 24.6 Å². The van der Waals surface area contributed by atoms with Crippen LogP contribution in [0.5, 0.6) is 23.0 Å². The Morgan fingerprint density at radius 1 is 0.889 bits per heavy atom. The molecule has 0 unspecified atom stereocenters. The molecule has 10 heteroatoms. The van der Waals surface area contributed by atoms with Crippen molar-refractivity contribution in [3.8, 4) is 23.0 Å². The number of fused-ring (bicyclic) bond motifs is 1. The molecule has 1 fully saturated rings. The second-order valence-corrected chi connectivity index (χ2v) is 10.9. The second-order valence-electron chi connectivity index (χ2n) is 10.9. The third kappa shape index (κ3) is 8.20. The summed E-state index contributed by atoms with van der Waals surface area (Å²) < 4.78 is 39.1. The van der Waals surface area contributed by atoms with Crippen LogP contribution in [-0.2, 0) is 22.4 Å². The number of hydrogen-bond donors (Lipinski definition) is 2. The molecule has 0 saturated heterocycles. The number of aromatic nitrogens is 1. The molecule has 0 aliphatic heterocycles. The number of nitrogens with zero attached hydrogens (tertiary/aromatic N) is 2. The number of phenols is 1. The molecule has 1 aromatic heterocycles. The predicted octanol–water partition coefficient (Wildman–Crippen LogP) is 6.04. The Kier molecular flexibility index (Phi) is 11.2. The summed E-state index contributed by atoms with van der Waals surface area (Å²) in [7, 11) is 1.42. The lowest BCUT2D eigenvalue weighted by atomic mass is 9.88. The molecule has 1 heterocycles.